The van der Waals surface area contributed by atoms with Crippen LogP contribution >= 0.6 is 11.8 Å². The Kier molecular flexibility index (Phi) is 3.45. The fourth-order valence-electron chi connectivity index (χ4n) is 3.44. The first kappa shape index (κ1) is 14.5. The van der Waals surface area contributed by atoms with Gasteiger partial charge in [-0.15, -0.1) is 11.8 Å². The quantitative estimate of drug-likeness (QED) is 0.490. The second-order valence-electron chi connectivity index (χ2n) is 5.93. The fraction of sp³-hybridized carbons (Fsp3) is 0.278. The summed E-state index contributed by atoms with van der Waals surface area (Å²) in [4.78, 5) is 37.4. The van der Waals surface area contributed by atoms with Crippen LogP contribution in [-0.2, 0) is 20.8 Å². The molecule has 0 bridgehead atoms. The number of aldehydes is 1. The SMILES string of the molecule is O=C[C@@H]1CS[C@H]2[C@H](C(=O)Cc3cccc4ccccc34)C(=O)N12. The molecule has 23 heavy (non-hydrogen) atoms. The Labute approximate surface area is 137 Å². The van der Waals surface area contributed by atoms with Crippen molar-refractivity contribution in [2.24, 2.45) is 5.92 Å². The number of hydrogen-bond acceptors (Lipinski definition) is 4. The minimum atomic E-state index is -0.594. The van der Waals surface area contributed by atoms with E-state index in [0.29, 0.717) is 5.75 Å². The van der Waals surface area contributed by atoms with Gasteiger partial charge < -0.3 is 9.69 Å². The molecule has 4 rings (SSSR count). The lowest BCUT2D eigenvalue weighted by Gasteiger charge is -2.42. The van der Waals surface area contributed by atoms with Crippen molar-refractivity contribution in [1.82, 2.24) is 4.90 Å². The molecule has 1 amide bonds. The molecular weight excluding hydrogens is 310 g/mol. The van der Waals surface area contributed by atoms with Crippen LogP contribution in [0, 0.1) is 5.92 Å². The van der Waals surface area contributed by atoms with Crippen LogP contribution in [-0.4, -0.2) is 40.0 Å². The summed E-state index contributed by atoms with van der Waals surface area (Å²) >= 11 is 1.53. The summed E-state index contributed by atoms with van der Waals surface area (Å²) in [6.45, 7) is 0. The summed E-state index contributed by atoms with van der Waals surface area (Å²) in [7, 11) is 0. The second kappa shape index (κ2) is 5.49. The molecule has 2 saturated heterocycles. The summed E-state index contributed by atoms with van der Waals surface area (Å²) in [5, 5.41) is 1.99. The highest BCUT2D eigenvalue weighted by atomic mass is 32.2. The maximum Gasteiger partial charge on any atom is 0.237 e. The van der Waals surface area contributed by atoms with Crippen LogP contribution in [0.4, 0.5) is 0 Å². The van der Waals surface area contributed by atoms with Crippen LogP contribution in [0.15, 0.2) is 42.5 Å². The Morgan fingerprint density at radius 3 is 2.83 bits per heavy atom. The van der Waals surface area contributed by atoms with Gasteiger partial charge >= 0.3 is 0 Å². The number of carbonyl (C=O) groups is 3. The minimum Gasteiger partial charge on any atom is -0.318 e. The van der Waals surface area contributed by atoms with Gasteiger partial charge in [0.2, 0.25) is 5.91 Å². The van der Waals surface area contributed by atoms with E-state index in [1.807, 2.05) is 42.5 Å². The highest BCUT2D eigenvalue weighted by molar-refractivity contribution is 8.00. The smallest absolute Gasteiger partial charge is 0.237 e. The number of benzene rings is 2. The number of ketones is 1. The molecule has 0 unspecified atom stereocenters. The predicted octanol–water partition coefficient (Wildman–Crippen LogP) is 2.05. The highest BCUT2D eigenvalue weighted by Gasteiger charge is 2.57. The Morgan fingerprint density at radius 1 is 1.22 bits per heavy atom. The lowest BCUT2D eigenvalue weighted by Crippen LogP contribution is -2.62. The number of Topliss-reactive ketones (excluding diaryl/α,β-unsaturated/α-hetero) is 1. The molecule has 2 aromatic rings. The lowest BCUT2D eigenvalue weighted by atomic mass is 9.87. The molecule has 0 spiro atoms. The van der Waals surface area contributed by atoms with Gasteiger partial charge in [-0.05, 0) is 16.3 Å². The molecular formula is C18H15NO3S. The van der Waals surface area contributed by atoms with Crippen molar-refractivity contribution in [3.05, 3.63) is 48.0 Å². The van der Waals surface area contributed by atoms with Crippen molar-refractivity contribution in [3.8, 4) is 0 Å². The summed E-state index contributed by atoms with van der Waals surface area (Å²) in [6, 6.07) is 13.5. The largest absolute Gasteiger partial charge is 0.318 e. The van der Waals surface area contributed by atoms with E-state index in [1.165, 1.54) is 11.8 Å². The third kappa shape index (κ3) is 2.18. The summed E-state index contributed by atoms with van der Waals surface area (Å²) in [5.74, 6) is -0.240. The third-order valence-electron chi connectivity index (χ3n) is 4.62. The number of amides is 1. The van der Waals surface area contributed by atoms with Gasteiger partial charge in [-0.25, -0.2) is 0 Å². The zero-order chi connectivity index (χ0) is 16.0. The van der Waals surface area contributed by atoms with Crippen LogP contribution in [0.1, 0.15) is 5.56 Å². The second-order valence-corrected chi connectivity index (χ2v) is 7.08. The van der Waals surface area contributed by atoms with E-state index < -0.39 is 5.92 Å². The average Bonchev–Trinajstić information content (AvgIpc) is 2.93. The van der Waals surface area contributed by atoms with Gasteiger partial charge in [0.15, 0.2) is 5.78 Å². The molecule has 4 nitrogen and oxygen atoms in total. The van der Waals surface area contributed by atoms with Gasteiger partial charge in [-0.3, -0.25) is 9.59 Å². The van der Waals surface area contributed by atoms with E-state index >= 15 is 0 Å². The van der Waals surface area contributed by atoms with E-state index in [4.69, 9.17) is 0 Å². The van der Waals surface area contributed by atoms with Crippen LogP contribution in [0.2, 0.25) is 0 Å². The predicted molar refractivity (Wildman–Crippen MR) is 89.1 cm³/mol. The van der Waals surface area contributed by atoms with Crippen molar-refractivity contribution >= 4 is 40.5 Å². The molecule has 3 atom stereocenters. The van der Waals surface area contributed by atoms with E-state index in [1.54, 1.807) is 4.90 Å². The van der Waals surface area contributed by atoms with E-state index in [0.717, 1.165) is 22.6 Å². The Balaban J connectivity index is 1.57. The van der Waals surface area contributed by atoms with E-state index in [-0.39, 0.29) is 29.5 Å². The van der Waals surface area contributed by atoms with Crippen LogP contribution < -0.4 is 0 Å². The zero-order valence-corrected chi connectivity index (χ0v) is 13.2. The number of rotatable bonds is 4. The number of fused-ring (bicyclic) bond motifs is 2. The molecule has 0 N–H and O–H groups in total. The molecule has 116 valence electrons. The first-order valence-electron chi connectivity index (χ1n) is 7.59. The van der Waals surface area contributed by atoms with Crippen molar-refractivity contribution in [2.75, 3.05) is 5.75 Å². The van der Waals surface area contributed by atoms with Crippen molar-refractivity contribution in [2.45, 2.75) is 17.8 Å². The fourth-order valence-corrected chi connectivity index (χ4v) is 4.95. The van der Waals surface area contributed by atoms with Crippen LogP contribution in [0.25, 0.3) is 10.8 Å². The normalized spacial score (nSPS) is 26.0. The topological polar surface area (TPSA) is 54.5 Å². The highest BCUT2D eigenvalue weighted by Crippen LogP contribution is 2.43. The molecule has 0 radical (unpaired) electrons. The van der Waals surface area contributed by atoms with Crippen molar-refractivity contribution < 1.29 is 14.4 Å². The monoisotopic (exact) mass is 325 g/mol. The standard InChI is InChI=1S/C18H15NO3S/c20-9-13-10-23-18-16(17(22)19(13)18)15(21)8-12-6-3-5-11-4-1-2-7-14(11)12/h1-7,9,13,16,18H,8,10H2/t13-,16-,18+/m1/s1. The number of thioether (sulfide) groups is 1. The van der Waals surface area contributed by atoms with Crippen molar-refractivity contribution in [1.29, 1.82) is 0 Å². The molecule has 0 saturated carbocycles. The maximum absolute atomic E-state index is 12.6. The first-order chi connectivity index (χ1) is 11.2. The number of hydrogen-bond donors (Lipinski definition) is 0. The van der Waals surface area contributed by atoms with Gasteiger partial charge in [0.25, 0.3) is 0 Å². The number of carbonyl (C=O) groups excluding carboxylic acids is 3. The Morgan fingerprint density at radius 2 is 2.00 bits per heavy atom. The summed E-state index contributed by atoms with van der Waals surface area (Å²) in [6.07, 6.45) is 1.06. The first-order valence-corrected chi connectivity index (χ1v) is 8.64. The molecule has 2 aliphatic heterocycles. The minimum absolute atomic E-state index is 0.0494. The molecule has 0 aromatic heterocycles. The van der Waals surface area contributed by atoms with E-state index in [9.17, 15) is 14.4 Å². The molecule has 5 heteroatoms. The molecule has 2 aliphatic rings. The van der Waals surface area contributed by atoms with Crippen molar-refractivity contribution in [3.63, 3.8) is 0 Å². The molecule has 0 aliphatic carbocycles. The summed E-state index contributed by atoms with van der Waals surface area (Å²) in [5.41, 5.74) is 0.953. The van der Waals surface area contributed by atoms with E-state index in [2.05, 4.69) is 0 Å². The van der Waals surface area contributed by atoms with Gasteiger partial charge in [0.05, 0.1) is 11.4 Å². The zero-order valence-electron chi connectivity index (χ0n) is 12.3. The third-order valence-corrected chi connectivity index (χ3v) is 6.00. The number of nitrogens with zero attached hydrogens (tertiary/aromatic N) is 1. The molecule has 2 aromatic carbocycles. The maximum atomic E-state index is 12.6. The Hall–Kier alpha value is -2.14. The van der Waals surface area contributed by atoms with Gasteiger partial charge in [0, 0.05) is 12.2 Å². The lowest BCUT2D eigenvalue weighted by molar-refractivity contribution is -0.158. The summed E-state index contributed by atoms with van der Waals surface area (Å²) < 4.78 is 0. The molecule has 2 fully saturated rings. The van der Waals surface area contributed by atoms with Gasteiger partial charge in [-0.2, -0.15) is 0 Å². The van der Waals surface area contributed by atoms with Gasteiger partial charge in [0.1, 0.15) is 12.2 Å². The number of β-lactam (4-membered cyclic amide) rings is 1. The Bertz CT molecular complexity index is 814. The van der Waals surface area contributed by atoms with Crippen LogP contribution in [0.5, 0.6) is 0 Å². The van der Waals surface area contributed by atoms with Gasteiger partial charge in [-0.1, -0.05) is 42.5 Å². The average molecular weight is 325 g/mol. The van der Waals surface area contributed by atoms with Crippen LogP contribution in [0.3, 0.4) is 0 Å². The molecule has 2 heterocycles.